The normalized spacial score (nSPS) is 16.8. The standard InChI is InChI=1S/C22H23N5O3S/c1-3-20(27-10-8-26(2)9-11-27)31(29,30)16-5-7-18(24-14-16)21-17-6-4-15(13-23)12-19(17)25-22(21)28/h3-7,12,14,20,25,28H,1,8-11H2,2H3. The zero-order valence-corrected chi connectivity index (χ0v) is 17.9. The Labute approximate surface area is 181 Å². The van der Waals surface area contributed by atoms with Gasteiger partial charge >= 0.3 is 0 Å². The van der Waals surface area contributed by atoms with E-state index in [2.05, 4.69) is 27.5 Å². The maximum Gasteiger partial charge on any atom is 0.199 e. The number of nitrogens with zero attached hydrogens (tertiary/aromatic N) is 4. The highest BCUT2D eigenvalue weighted by Gasteiger charge is 2.32. The summed E-state index contributed by atoms with van der Waals surface area (Å²) in [5.74, 6) is -0.0883. The van der Waals surface area contributed by atoms with Crippen LogP contribution in [0.1, 0.15) is 5.56 Å². The molecule has 0 radical (unpaired) electrons. The van der Waals surface area contributed by atoms with Crippen LogP contribution in [0.4, 0.5) is 0 Å². The molecule has 0 saturated carbocycles. The number of piperazine rings is 1. The van der Waals surface area contributed by atoms with E-state index < -0.39 is 15.2 Å². The number of fused-ring (bicyclic) bond motifs is 1. The number of benzene rings is 1. The molecule has 1 aromatic carbocycles. The van der Waals surface area contributed by atoms with Crippen molar-refractivity contribution in [3.63, 3.8) is 0 Å². The number of aromatic amines is 1. The van der Waals surface area contributed by atoms with Crippen LogP contribution < -0.4 is 0 Å². The number of rotatable bonds is 5. The van der Waals surface area contributed by atoms with Gasteiger partial charge in [-0.15, -0.1) is 6.58 Å². The van der Waals surface area contributed by atoms with Crippen LogP contribution in [0.2, 0.25) is 0 Å². The first kappa shape index (κ1) is 21.1. The maximum atomic E-state index is 13.2. The van der Waals surface area contributed by atoms with Crippen molar-refractivity contribution in [3.8, 4) is 23.2 Å². The molecule has 1 aliphatic heterocycles. The Morgan fingerprint density at radius 2 is 2.00 bits per heavy atom. The molecule has 4 rings (SSSR count). The van der Waals surface area contributed by atoms with E-state index in [4.69, 9.17) is 5.26 Å². The summed E-state index contributed by atoms with van der Waals surface area (Å²) < 4.78 is 26.5. The second-order valence-corrected chi connectivity index (χ2v) is 9.65. The van der Waals surface area contributed by atoms with Gasteiger partial charge in [-0.1, -0.05) is 12.1 Å². The van der Waals surface area contributed by atoms with E-state index in [9.17, 15) is 13.5 Å². The molecule has 1 unspecified atom stereocenters. The number of H-pyrrole nitrogens is 1. The molecular formula is C22H23N5O3S. The highest BCUT2D eigenvalue weighted by Crippen LogP contribution is 2.36. The number of nitriles is 1. The summed E-state index contributed by atoms with van der Waals surface area (Å²) in [7, 11) is -1.68. The first-order chi connectivity index (χ1) is 14.8. The second kappa shape index (κ2) is 8.15. The Morgan fingerprint density at radius 1 is 1.26 bits per heavy atom. The van der Waals surface area contributed by atoms with Crippen molar-refractivity contribution in [3.05, 3.63) is 54.7 Å². The predicted molar refractivity (Wildman–Crippen MR) is 118 cm³/mol. The number of nitrogens with one attached hydrogen (secondary N) is 1. The molecule has 0 amide bonds. The van der Waals surface area contributed by atoms with Gasteiger partial charge in [0, 0.05) is 37.8 Å². The minimum Gasteiger partial charge on any atom is -0.494 e. The molecule has 1 saturated heterocycles. The van der Waals surface area contributed by atoms with Crippen molar-refractivity contribution in [2.75, 3.05) is 33.2 Å². The van der Waals surface area contributed by atoms with Gasteiger partial charge in [-0.25, -0.2) is 8.42 Å². The van der Waals surface area contributed by atoms with Crippen LogP contribution in [-0.4, -0.2) is 71.9 Å². The number of aromatic hydroxyl groups is 1. The summed E-state index contributed by atoms with van der Waals surface area (Å²) in [6.07, 6.45) is 2.78. The Hall–Kier alpha value is -3.19. The Morgan fingerprint density at radius 3 is 2.61 bits per heavy atom. The molecule has 3 heterocycles. The highest BCUT2D eigenvalue weighted by molar-refractivity contribution is 7.92. The highest BCUT2D eigenvalue weighted by atomic mass is 32.2. The number of hydrogen-bond donors (Lipinski definition) is 2. The average Bonchev–Trinajstić information content (AvgIpc) is 3.10. The molecule has 160 valence electrons. The van der Waals surface area contributed by atoms with Crippen LogP contribution in [0, 0.1) is 11.3 Å². The Balaban J connectivity index is 1.66. The summed E-state index contributed by atoms with van der Waals surface area (Å²) in [6, 6.07) is 10.2. The maximum absolute atomic E-state index is 13.2. The van der Waals surface area contributed by atoms with Gasteiger partial charge < -0.3 is 15.0 Å². The van der Waals surface area contributed by atoms with Gasteiger partial charge in [0.25, 0.3) is 0 Å². The molecule has 3 aromatic rings. The van der Waals surface area contributed by atoms with Crippen LogP contribution in [0.25, 0.3) is 22.2 Å². The number of pyridine rings is 1. The summed E-state index contributed by atoms with van der Waals surface area (Å²) in [4.78, 5) is 11.3. The van der Waals surface area contributed by atoms with Gasteiger partial charge in [0.05, 0.1) is 33.3 Å². The van der Waals surface area contributed by atoms with Crippen molar-refractivity contribution >= 4 is 20.7 Å². The fourth-order valence-electron chi connectivity index (χ4n) is 3.90. The monoisotopic (exact) mass is 437 g/mol. The van der Waals surface area contributed by atoms with Gasteiger partial charge in [0.1, 0.15) is 5.37 Å². The Kier molecular flexibility index (Phi) is 5.54. The van der Waals surface area contributed by atoms with Crippen molar-refractivity contribution in [1.29, 1.82) is 5.26 Å². The lowest BCUT2D eigenvalue weighted by molar-refractivity contribution is 0.154. The number of likely N-dealkylation sites (N-methyl/N-ethyl adjacent to an activating group) is 1. The first-order valence-electron chi connectivity index (χ1n) is 9.85. The quantitative estimate of drug-likeness (QED) is 0.589. The lowest BCUT2D eigenvalue weighted by atomic mass is 10.1. The third kappa shape index (κ3) is 3.81. The van der Waals surface area contributed by atoms with Gasteiger partial charge in [0.15, 0.2) is 15.7 Å². The van der Waals surface area contributed by atoms with Crippen LogP contribution in [0.3, 0.4) is 0 Å². The van der Waals surface area contributed by atoms with Gasteiger partial charge in [-0.3, -0.25) is 9.88 Å². The van der Waals surface area contributed by atoms with Crippen molar-refractivity contribution in [2.24, 2.45) is 0 Å². The van der Waals surface area contributed by atoms with E-state index >= 15 is 0 Å². The van der Waals surface area contributed by atoms with Crippen LogP contribution >= 0.6 is 0 Å². The molecule has 0 bridgehead atoms. The van der Waals surface area contributed by atoms with Gasteiger partial charge in [0.2, 0.25) is 0 Å². The van der Waals surface area contributed by atoms with Gasteiger partial charge in [-0.2, -0.15) is 5.26 Å². The lowest BCUT2D eigenvalue weighted by Gasteiger charge is -2.36. The molecule has 31 heavy (non-hydrogen) atoms. The fraction of sp³-hybridized carbons (Fsp3) is 0.273. The SMILES string of the molecule is C=CC(N1CCN(C)CC1)S(=O)(=O)c1ccc(-c2c(O)[nH]c3cc(C#N)ccc23)nc1. The lowest BCUT2D eigenvalue weighted by Crippen LogP contribution is -2.50. The summed E-state index contributed by atoms with van der Waals surface area (Å²) in [5.41, 5.74) is 1.96. The van der Waals surface area contributed by atoms with Gasteiger partial charge in [-0.05, 0) is 31.3 Å². The van der Waals surface area contributed by atoms with E-state index in [1.807, 2.05) is 11.9 Å². The number of hydrogen-bond acceptors (Lipinski definition) is 7. The second-order valence-electron chi connectivity index (χ2n) is 7.61. The third-order valence-corrected chi connectivity index (χ3v) is 7.67. The van der Waals surface area contributed by atoms with Crippen LogP contribution in [0.5, 0.6) is 5.88 Å². The average molecular weight is 438 g/mol. The van der Waals surface area contributed by atoms with Crippen molar-refractivity contribution in [1.82, 2.24) is 19.8 Å². The topological polar surface area (TPSA) is 113 Å². The summed E-state index contributed by atoms with van der Waals surface area (Å²) in [5, 5.41) is 19.3. The minimum atomic E-state index is -3.69. The molecule has 1 atom stereocenters. The zero-order chi connectivity index (χ0) is 22.2. The largest absolute Gasteiger partial charge is 0.494 e. The summed E-state index contributed by atoms with van der Waals surface area (Å²) >= 11 is 0. The van der Waals surface area contributed by atoms with Crippen LogP contribution in [-0.2, 0) is 9.84 Å². The third-order valence-electron chi connectivity index (χ3n) is 5.65. The molecule has 2 aromatic heterocycles. The molecule has 1 aliphatic rings. The van der Waals surface area contributed by atoms with E-state index in [0.29, 0.717) is 40.8 Å². The molecule has 0 aliphatic carbocycles. The number of aromatic nitrogens is 2. The minimum absolute atomic E-state index is 0.0883. The zero-order valence-electron chi connectivity index (χ0n) is 17.1. The fourth-order valence-corrected chi connectivity index (χ4v) is 5.49. The molecule has 8 nitrogen and oxygen atoms in total. The summed E-state index contributed by atoms with van der Waals surface area (Å²) in [6.45, 7) is 6.63. The van der Waals surface area contributed by atoms with Crippen LogP contribution in [0.15, 0.2) is 54.1 Å². The molecule has 2 N–H and O–H groups in total. The van der Waals surface area contributed by atoms with E-state index in [1.54, 1.807) is 24.3 Å². The number of sulfone groups is 1. The molecule has 9 heteroatoms. The van der Waals surface area contributed by atoms with Crippen molar-refractivity contribution in [2.45, 2.75) is 10.3 Å². The molecular weight excluding hydrogens is 414 g/mol. The van der Waals surface area contributed by atoms with E-state index in [-0.39, 0.29) is 10.8 Å². The van der Waals surface area contributed by atoms with Crippen molar-refractivity contribution < 1.29 is 13.5 Å². The molecule has 1 fully saturated rings. The smallest absolute Gasteiger partial charge is 0.199 e. The molecule has 0 spiro atoms. The van der Waals surface area contributed by atoms with E-state index in [0.717, 1.165) is 13.1 Å². The first-order valence-corrected chi connectivity index (χ1v) is 11.4. The Bertz CT molecular complexity index is 1270. The predicted octanol–water partition coefficient (Wildman–Crippen LogP) is 2.34. The van der Waals surface area contributed by atoms with E-state index in [1.165, 1.54) is 18.3 Å².